The molecule has 0 bridgehead atoms. The Balaban J connectivity index is 0.000000631. The Bertz CT molecular complexity index is 1180. The molecule has 1 saturated heterocycles. The molecule has 1 amide bonds. The average Bonchev–Trinajstić information content (AvgIpc) is 3.39. The smallest absolute Gasteiger partial charge is 0.267 e. The van der Waals surface area contributed by atoms with Crippen LogP contribution in [-0.2, 0) is 0 Å². The summed E-state index contributed by atoms with van der Waals surface area (Å²) in [4.78, 5) is 31.0. The molecule has 39 heavy (non-hydrogen) atoms. The van der Waals surface area contributed by atoms with Gasteiger partial charge in [0.2, 0.25) is 0 Å². The minimum atomic E-state index is -0.267. The molecule has 10 nitrogen and oxygen atoms in total. The largest absolute Gasteiger partial charge is 0.395 e. The van der Waals surface area contributed by atoms with E-state index in [2.05, 4.69) is 42.3 Å². The summed E-state index contributed by atoms with van der Waals surface area (Å²) in [5.41, 5.74) is 6.70. The summed E-state index contributed by atoms with van der Waals surface area (Å²) >= 11 is 7.46. The zero-order valence-electron chi connectivity index (χ0n) is 22.9. The van der Waals surface area contributed by atoms with E-state index in [1.54, 1.807) is 6.07 Å². The molecule has 0 aliphatic carbocycles. The van der Waals surface area contributed by atoms with Crippen molar-refractivity contribution in [1.29, 1.82) is 0 Å². The van der Waals surface area contributed by atoms with Crippen LogP contribution in [0.15, 0.2) is 30.5 Å². The van der Waals surface area contributed by atoms with Gasteiger partial charge in [-0.3, -0.25) is 9.69 Å². The lowest BCUT2D eigenvalue weighted by Crippen LogP contribution is -2.47. The highest BCUT2D eigenvalue weighted by atomic mass is 35.5. The number of aryl methyl sites for hydroxylation is 2. The Hall–Kier alpha value is -2.83. The van der Waals surface area contributed by atoms with Crippen molar-refractivity contribution in [3.05, 3.63) is 51.7 Å². The molecule has 5 N–H and O–H groups in total. The maximum absolute atomic E-state index is 12.7. The Kier molecular flexibility index (Phi) is 12.3. The van der Waals surface area contributed by atoms with Crippen molar-refractivity contribution in [2.45, 2.75) is 40.0 Å². The summed E-state index contributed by atoms with van der Waals surface area (Å²) in [5.74, 6) is 1.85. The van der Waals surface area contributed by atoms with Crippen molar-refractivity contribution in [1.82, 2.24) is 19.9 Å². The molecular weight excluding hydrogens is 536 g/mol. The van der Waals surface area contributed by atoms with Crippen LogP contribution >= 0.6 is 22.9 Å². The number of β-amino-alcohol motifs (C(OH)–C–C–N with tert-alkyl or cyclic N) is 1. The summed E-state index contributed by atoms with van der Waals surface area (Å²) in [6.07, 6.45) is 5.29. The lowest BCUT2D eigenvalue weighted by Gasteiger charge is -2.35. The number of amides is 1. The van der Waals surface area contributed by atoms with Crippen molar-refractivity contribution in [3.63, 3.8) is 0 Å². The number of aliphatic hydroxyl groups is 1. The van der Waals surface area contributed by atoms with Crippen molar-refractivity contribution in [3.8, 4) is 0 Å². The topological polar surface area (TPSA) is 133 Å². The number of thiazole rings is 1. The Morgan fingerprint density at radius 1 is 1.18 bits per heavy atom. The lowest BCUT2D eigenvalue weighted by atomic mass is 10.2. The number of aliphatic hydroxyl groups excluding tert-OH is 1. The fraction of sp³-hybridized carbons (Fsp3) is 0.481. The minimum absolute atomic E-state index is 0.173. The number of halogens is 1. The highest BCUT2D eigenvalue weighted by molar-refractivity contribution is 7.17. The molecule has 3 heterocycles. The van der Waals surface area contributed by atoms with Crippen LogP contribution in [0.5, 0.6) is 0 Å². The van der Waals surface area contributed by atoms with Crippen LogP contribution in [0.4, 0.5) is 22.5 Å². The third-order valence-corrected chi connectivity index (χ3v) is 7.40. The zero-order chi connectivity index (χ0) is 28.2. The summed E-state index contributed by atoms with van der Waals surface area (Å²) in [6, 6.07) is 7.37. The van der Waals surface area contributed by atoms with Gasteiger partial charge in [0.25, 0.3) is 5.91 Å². The van der Waals surface area contributed by atoms with E-state index in [0.717, 1.165) is 44.1 Å². The highest BCUT2D eigenvalue weighted by Gasteiger charge is 2.19. The molecule has 1 aliphatic rings. The second kappa shape index (κ2) is 15.7. The van der Waals surface area contributed by atoms with E-state index >= 15 is 0 Å². The Morgan fingerprint density at radius 2 is 1.95 bits per heavy atom. The molecule has 0 spiro atoms. The van der Waals surface area contributed by atoms with Crippen molar-refractivity contribution >= 4 is 51.3 Å². The molecule has 1 fully saturated rings. The molecule has 212 valence electrons. The molecule has 0 saturated carbocycles. The van der Waals surface area contributed by atoms with Crippen molar-refractivity contribution in [2.75, 3.05) is 61.4 Å². The average molecular weight is 575 g/mol. The maximum atomic E-state index is 12.7. The van der Waals surface area contributed by atoms with Crippen molar-refractivity contribution in [2.24, 2.45) is 5.73 Å². The van der Waals surface area contributed by atoms with E-state index < -0.39 is 0 Å². The van der Waals surface area contributed by atoms with Crippen LogP contribution in [0.25, 0.3) is 0 Å². The number of carbonyl (C=O) groups is 1. The van der Waals surface area contributed by atoms with E-state index in [-0.39, 0.29) is 12.5 Å². The first-order valence-corrected chi connectivity index (χ1v) is 14.5. The Morgan fingerprint density at radius 3 is 2.59 bits per heavy atom. The third-order valence-electron chi connectivity index (χ3n) is 6.17. The fourth-order valence-corrected chi connectivity index (χ4v) is 5.01. The second-order valence-corrected chi connectivity index (χ2v) is 10.7. The number of hydrogen-bond donors (Lipinski definition) is 4. The van der Waals surface area contributed by atoms with Gasteiger partial charge >= 0.3 is 0 Å². The van der Waals surface area contributed by atoms with Gasteiger partial charge in [-0.05, 0) is 38.4 Å². The number of benzene rings is 1. The monoisotopic (exact) mass is 574 g/mol. The number of nitrogens with two attached hydrogens (primary N) is 1. The first-order chi connectivity index (χ1) is 18.8. The number of piperazine rings is 1. The fourth-order valence-electron chi connectivity index (χ4n) is 4.03. The molecule has 4 rings (SSSR count). The second-order valence-electron chi connectivity index (χ2n) is 9.25. The number of hydrogen-bond acceptors (Lipinski definition) is 10. The summed E-state index contributed by atoms with van der Waals surface area (Å²) < 4.78 is 0. The number of nitrogens with one attached hydrogen (secondary N) is 2. The van der Waals surface area contributed by atoms with Crippen LogP contribution in [0, 0.1) is 13.8 Å². The van der Waals surface area contributed by atoms with Gasteiger partial charge in [0.1, 0.15) is 22.3 Å². The van der Waals surface area contributed by atoms with Gasteiger partial charge in [0, 0.05) is 38.8 Å². The van der Waals surface area contributed by atoms with E-state index in [1.807, 2.05) is 32.0 Å². The molecule has 1 aliphatic heterocycles. The number of carbonyl (C=O) groups excluding carboxylic acids is 1. The minimum Gasteiger partial charge on any atom is -0.395 e. The summed E-state index contributed by atoms with van der Waals surface area (Å²) in [7, 11) is 0. The van der Waals surface area contributed by atoms with Gasteiger partial charge in [0.15, 0.2) is 5.13 Å². The molecule has 2 aromatic heterocycles. The zero-order valence-corrected chi connectivity index (χ0v) is 24.5. The number of rotatable bonds is 10. The number of unbranched alkanes of at least 4 members (excludes halogenated alkanes) is 2. The quantitative estimate of drug-likeness (QED) is 0.259. The maximum Gasteiger partial charge on any atom is 0.267 e. The van der Waals surface area contributed by atoms with Gasteiger partial charge < -0.3 is 26.4 Å². The molecule has 0 unspecified atom stereocenters. The first kappa shape index (κ1) is 30.7. The van der Waals surface area contributed by atoms with Crippen LogP contribution in [0.1, 0.15) is 47.2 Å². The number of anilines is 4. The number of para-hydroxylation sites is 1. The predicted molar refractivity (Wildman–Crippen MR) is 161 cm³/mol. The Labute approximate surface area is 239 Å². The SMILES string of the molecule is CCCCCN.Cc1nc(Nc2ncc(C(=O)Nc3c(C)cccc3Cl)s2)cc(N2CCN(CCO)CC2)n1. The lowest BCUT2D eigenvalue weighted by molar-refractivity contribution is 0.103. The van der Waals surface area contributed by atoms with Crippen LogP contribution in [-0.4, -0.2) is 76.7 Å². The standard InChI is InChI=1S/C22H26ClN7O2S.C5H13N/c1-14-4-3-5-16(23)20(14)28-21(32)17-13-24-22(33-17)27-18-12-19(26-15(2)25-18)30-8-6-29(7-9-30)10-11-31;1-2-3-4-5-6/h3-5,12-13,31H,6-11H2,1-2H3,(H,28,32)(H,24,25,26,27);2-6H2,1H3. The van der Waals surface area contributed by atoms with E-state index in [1.165, 1.54) is 36.8 Å². The molecular formula is C27H39ClN8O2S. The molecule has 1 aromatic carbocycles. The van der Waals surface area contributed by atoms with Gasteiger partial charge in [-0.1, -0.05) is 54.8 Å². The van der Waals surface area contributed by atoms with Crippen LogP contribution in [0.3, 0.4) is 0 Å². The highest BCUT2D eigenvalue weighted by Crippen LogP contribution is 2.28. The van der Waals surface area contributed by atoms with Crippen molar-refractivity contribution < 1.29 is 9.90 Å². The van der Waals surface area contributed by atoms with E-state index in [9.17, 15) is 4.79 Å². The van der Waals surface area contributed by atoms with Gasteiger partial charge in [-0.15, -0.1) is 0 Å². The summed E-state index contributed by atoms with van der Waals surface area (Å²) in [6.45, 7) is 11.1. The van der Waals surface area contributed by atoms with E-state index in [4.69, 9.17) is 22.4 Å². The van der Waals surface area contributed by atoms with Gasteiger partial charge in [-0.2, -0.15) is 0 Å². The summed E-state index contributed by atoms with van der Waals surface area (Å²) in [5, 5.41) is 16.2. The normalized spacial score (nSPS) is 13.5. The third kappa shape index (κ3) is 9.40. The number of nitrogens with zero attached hydrogens (tertiary/aromatic N) is 5. The molecule has 12 heteroatoms. The predicted octanol–water partition coefficient (Wildman–Crippen LogP) is 4.45. The van der Waals surface area contributed by atoms with E-state index in [0.29, 0.717) is 38.9 Å². The van der Waals surface area contributed by atoms with Gasteiger partial charge in [0.05, 0.1) is 23.5 Å². The molecule has 0 atom stereocenters. The van der Waals surface area contributed by atoms with Crippen LogP contribution < -0.4 is 21.3 Å². The first-order valence-electron chi connectivity index (χ1n) is 13.3. The molecule has 0 radical (unpaired) electrons. The molecule has 3 aromatic rings. The number of aromatic nitrogens is 3. The van der Waals surface area contributed by atoms with Gasteiger partial charge in [-0.25, -0.2) is 15.0 Å². The van der Waals surface area contributed by atoms with Crippen LogP contribution in [0.2, 0.25) is 5.02 Å².